The summed E-state index contributed by atoms with van der Waals surface area (Å²) in [7, 11) is 0. The van der Waals surface area contributed by atoms with Gasteiger partial charge in [-0.15, -0.1) is 22.7 Å². The molecule has 228 valence electrons. The molecule has 0 fully saturated rings. The van der Waals surface area contributed by atoms with Gasteiger partial charge in [-0.3, -0.25) is 9.59 Å². The highest BCUT2D eigenvalue weighted by molar-refractivity contribution is 7.19. The molecular weight excluding hydrogens is 643 g/mol. The summed E-state index contributed by atoms with van der Waals surface area (Å²) >= 11 is 2.73. The Morgan fingerprint density at radius 1 is 0.370 bits per heavy atom. The molecule has 2 heterocycles. The van der Waals surface area contributed by atoms with Crippen LogP contribution in [0.3, 0.4) is 0 Å². The topological polar surface area (TPSA) is 34.1 Å². The van der Waals surface area contributed by atoms with Crippen LogP contribution in [0.15, 0.2) is 109 Å². The summed E-state index contributed by atoms with van der Waals surface area (Å²) in [5.74, 6) is -0.594. The first kappa shape index (κ1) is 29.9. The van der Waals surface area contributed by atoms with Crippen molar-refractivity contribution in [2.75, 3.05) is 0 Å². The third kappa shape index (κ3) is 5.37. The van der Waals surface area contributed by atoms with Crippen molar-refractivity contribution < 1.29 is 35.9 Å². The van der Waals surface area contributed by atoms with Crippen LogP contribution < -0.4 is 0 Å². The molecule has 1 aliphatic carbocycles. The van der Waals surface area contributed by atoms with Crippen molar-refractivity contribution in [1.29, 1.82) is 0 Å². The normalized spacial score (nSPS) is 13.1. The zero-order valence-corrected chi connectivity index (χ0v) is 24.9. The van der Waals surface area contributed by atoms with E-state index in [0.717, 1.165) is 43.8 Å². The molecule has 2 nitrogen and oxygen atoms in total. The Balaban J connectivity index is 1.15. The predicted octanol–water partition coefficient (Wildman–Crippen LogP) is 11.3. The molecule has 1 aliphatic rings. The summed E-state index contributed by atoms with van der Waals surface area (Å²) in [5.41, 5.74) is 2.32. The van der Waals surface area contributed by atoms with Gasteiger partial charge >= 0.3 is 12.4 Å². The second kappa shape index (κ2) is 10.9. The minimum atomic E-state index is -4.42. The Morgan fingerprint density at radius 2 is 0.674 bits per heavy atom. The van der Waals surface area contributed by atoms with Gasteiger partial charge in [0, 0.05) is 41.8 Å². The number of halogens is 6. The van der Waals surface area contributed by atoms with Crippen LogP contribution in [0, 0.1) is 0 Å². The Hall–Kier alpha value is -4.80. The highest BCUT2D eigenvalue weighted by Gasteiger charge is 2.32. The van der Waals surface area contributed by atoms with Crippen LogP contribution in [-0.2, 0) is 12.4 Å². The Kier molecular flexibility index (Phi) is 7.10. The van der Waals surface area contributed by atoms with Gasteiger partial charge in [-0.05, 0) is 95.1 Å². The summed E-state index contributed by atoms with van der Waals surface area (Å²) in [4.78, 5) is 30.3. The molecule has 4 aromatic carbocycles. The highest BCUT2D eigenvalue weighted by atomic mass is 32.1. The lowest BCUT2D eigenvalue weighted by atomic mass is 9.82. The summed E-state index contributed by atoms with van der Waals surface area (Å²) in [5, 5.41) is 0. The Bertz CT molecular complexity index is 2000. The molecule has 0 saturated heterocycles. The first-order valence-corrected chi connectivity index (χ1v) is 15.4. The number of alkyl halides is 6. The van der Waals surface area contributed by atoms with Crippen LogP contribution in [0.5, 0.6) is 0 Å². The van der Waals surface area contributed by atoms with E-state index in [1.165, 1.54) is 46.9 Å². The molecule has 0 amide bonds. The lowest BCUT2D eigenvalue weighted by Gasteiger charge is -2.19. The molecule has 0 N–H and O–H groups in total. The van der Waals surface area contributed by atoms with Crippen molar-refractivity contribution in [2.45, 2.75) is 12.4 Å². The Morgan fingerprint density at radius 3 is 1.00 bits per heavy atom. The zero-order chi connectivity index (χ0) is 32.4. The van der Waals surface area contributed by atoms with Crippen LogP contribution >= 0.6 is 22.7 Å². The molecule has 0 saturated carbocycles. The van der Waals surface area contributed by atoms with E-state index in [0.29, 0.717) is 22.3 Å². The molecule has 0 radical (unpaired) electrons. The monoisotopic (exact) mass is 660 g/mol. The van der Waals surface area contributed by atoms with Crippen molar-refractivity contribution >= 4 is 34.2 Å². The van der Waals surface area contributed by atoms with Gasteiger partial charge in [0.15, 0.2) is 11.6 Å². The van der Waals surface area contributed by atoms with Crippen molar-refractivity contribution in [3.63, 3.8) is 0 Å². The van der Waals surface area contributed by atoms with E-state index in [4.69, 9.17) is 0 Å². The maximum atomic E-state index is 13.6. The van der Waals surface area contributed by atoms with Crippen molar-refractivity contribution in [3.05, 3.63) is 143 Å². The lowest BCUT2D eigenvalue weighted by Crippen LogP contribution is -2.20. The van der Waals surface area contributed by atoms with Crippen molar-refractivity contribution in [2.24, 2.45) is 0 Å². The minimum Gasteiger partial charge on any atom is -0.289 e. The molecule has 0 bridgehead atoms. The number of benzene rings is 4. The molecule has 7 rings (SSSR count). The fraction of sp³-hybridized carbons (Fsp3) is 0.0556. The zero-order valence-electron chi connectivity index (χ0n) is 23.3. The maximum Gasteiger partial charge on any atom is 0.416 e. The smallest absolute Gasteiger partial charge is 0.289 e. The summed E-state index contributed by atoms with van der Waals surface area (Å²) in [6.45, 7) is 0. The van der Waals surface area contributed by atoms with Crippen LogP contribution in [0.1, 0.15) is 43.0 Å². The number of hydrogen-bond donors (Lipinski definition) is 0. The summed E-state index contributed by atoms with van der Waals surface area (Å²) in [6.07, 6.45) is -8.84. The fourth-order valence-electron chi connectivity index (χ4n) is 5.40. The van der Waals surface area contributed by atoms with Gasteiger partial charge in [0.25, 0.3) is 0 Å². The minimum absolute atomic E-state index is 0.271. The van der Waals surface area contributed by atoms with Gasteiger partial charge in [0.05, 0.1) is 11.1 Å². The van der Waals surface area contributed by atoms with E-state index < -0.39 is 23.5 Å². The largest absolute Gasteiger partial charge is 0.416 e. The Labute approximate surface area is 266 Å². The van der Waals surface area contributed by atoms with Gasteiger partial charge in [0.2, 0.25) is 0 Å². The van der Waals surface area contributed by atoms with Gasteiger partial charge in [-0.2, -0.15) is 26.3 Å². The third-order valence-corrected chi connectivity index (χ3v) is 10.2. The van der Waals surface area contributed by atoms with Gasteiger partial charge in [0.1, 0.15) is 0 Å². The van der Waals surface area contributed by atoms with Crippen LogP contribution in [-0.4, -0.2) is 11.6 Å². The number of fused-ring (bicyclic) bond motifs is 2. The number of ketones is 2. The molecular formula is C36H18F6O2S2. The van der Waals surface area contributed by atoms with Crippen molar-refractivity contribution in [3.8, 4) is 41.8 Å². The first-order valence-electron chi connectivity index (χ1n) is 13.8. The van der Waals surface area contributed by atoms with E-state index in [2.05, 4.69) is 0 Å². The molecule has 46 heavy (non-hydrogen) atoms. The standard InChI is InChI=1S/C36H18F6O2S2/c37-35(38,39)23-7-1-19(2-8-23)29-13-15-31(45-29)21-5-11-25-27(17-21)33(43)26-12-6-22(18-28(26)34(25)44)32-16-14-30(46-32)20-3-9-24(10-4-20)36(40,41)42/h1-18H. The van der Waals surface area contributed by atoms with E-state index in [-0.39, 0.29) is 33.8 Å². The maximum absolute atomic E-state index is 13.6. The van der Waals surface area contributed by atoms with Gasteiger partial charge < -0.3 is 0 Å². The molecule has 0 atom stereocenters. The van der Waals surface area contributed by atoms with E-state index >= 15 is 0 Å². The molecule has 10 heteroatoms. The first-order chi connectivity index (χ1) is 21.9. The number of hydrogen-bond acceptors (Lipinski definition) is 4. The molecule has 0 spiro atoms. The van der Waals surface area contributed by atoms with Crippen LogP contribution in [0.25, 0.3) is 41.8 Å². The van der Waals surface area contributed by atoms with Crippen LogP contribution in [0.4, 0.5) is 26.3 Å². The molecule has 0 aliphatic heterocycles. The van der Waals surface area contributed by atoms with Gasteiger partial charge in [-0.25, -0.2) is 0 Å². The average molecular weight is 661 g/mol. The average Bonchev–Trinajstić information content (AvgIpc) is 3.74. The van der Waals surface area contributed by atoms with E-state index in [1.54, 1.807) is 48.5 Å². The lowest BCUT2D eigenvalue weighted by molar-refractivity contribution is -0.138. The SMILES string of the molecule is O=C1c2ccc(-c3ccc(-c4ccc(C(F)(F)F)cc4)s3)cc2C(=O)c2ccc(-c3ccc(-c4ccc(C(F)(F)F)cc4)s3)cc21. The number of rotatable bonds is 4. The van der Waals surface area contributed by atoms with Crippen LogP contribution in [0.2, 0.25) is 0 Å². The summed E-state index contributed by atoms with van der Waals surface area (Å²) in [6, 6.07) is 27.2. The van der Waals surface area contributed by atoms with E-state index in [1.807, 2.05) is 12.1 Å². The summed E-state index contributed by atoms with van der Waals surface area (Å²) < 4.78 is 77.7. The number of carbonyl (C=O) groups excluding carboxylic acids is 2. The van der Waals surface area contributed by atoms with E-state index in [9.17, 15) is 35.9 Å². The highest BCUT2D eigenvalue weighted by Crippen LogP contribution is 2.41. The molecule has 6 aromatic rings. The third-order valence-electron chi connectivity index (χ3n) is 7.79. The molecule has 0 unspecified atom stereocenters. The quantitative estimate of drug-likeness (QED) is 0.176. The second-order valence-electron chi connectivity index (χ2n) is 10.7. The number of carbonyl (C=O) groups is 2. The predicted molar refractivity (Wildman–Crippen MR) is 167 cm³/mol. The second-order valence-corrected chi connectivity index (χ2v) is 12.8. The molecule has 2 aromatic heterocycles. The fourth-order valence-corrected chi connectivity index (χ4v) is 7.42. The van der Waals surface area contributed by atoms with Gasteiger partial charge in [-0.1, -0.05) is 36.4 Å². The number of thiophene rings is 2. The van der Waals surface area contributed by atoms with Crippen molar-refractivity contribution in [1.82, 2.24) is 0 Å².